The molecule has 2 N–H and O–H groups in total. The number of H-pyrrole nitrogens is 1. The lowest BCUT2D eigenvalue weighted by atomic mass is 10.1. The first-order chi connectivity index (χ1) is 17.2. The topological polar surface area (TPSA) is 95.9 Å². The molecule has 2 aromatic heterocycles. The molecule has 0 radical (unpaired) electrons. The van der Waals surface area contributed by atoms with E-state index in [-0.39, 0.29) is 11.5 Å². The lowest BCUT2D eigenvalue weighted by molar-refractivity contribution is 0.0951. The van der Waals surface area contributed by atoms with Crippen LogP contribution in [-0.2, 0) is 6.54 Å². The number of nitrogens with one attached hydrogen (secondary N) is 2. The van der Waals surface area contributed by atoms with Gasteiger partial charge >= 0.3 is 0 Å². The third-order valence-electron chi connectivity index (χ3n) is 6.53. The summed E-state index contributed by atoms with van der Waals surface area (Å²) in [7, 11) is 0. The highest BCUT2D eigenvalue weighted by atomic mass is 16.1. The number of amides is 1. The van der Waals surface area contributed by atoms with Gasteiger partial charge in [0.15, 0.2) is 0 Å². The van der Waals surface area contributed by atoms with E-state index < -0.39 is 0 Å². The first-order valence-corrected chi connectivity index (χ1v) is 12.3. The number of fused-ring (bicyclic) bond motifs is 1. The molecule has 0 aliphatic carbocycles. The van der Waals surface area contributed by atoms with Gasteiger partial charge in [-0.05, 0) is 74.8 Å². The van der Waals surface area contributed by atoms with Crippen molar-refractivity contribution in [1.82, 2.24) is 30.2 Å². The van der Waals surface area contributed by atoms with Crippen molar-refractivity contribution in [3.63, 3.8) is 0 Å². The number of hydrogen-bond donors (Lipinski definition) is 2. The van der Waals surface area contributed by atoms with Gasteiger partial charge in [-0.1, -0.05) is 24.6 Å². The summed E-state index contributed by atoms with van der Waals surface area (Å²) in [5.74, 6) is -0.0669. The van der Waals surface area contributed by atoms with E-state index in [1.807, 2.05) is 30.3 Å². The van der Waals surface area contributed by atoms with E-state index >= 15 is 0 Å². The zero-order valence-corrected chi connectivity index (χ0v) is 19.7. The number of piperidine rings is 1. The zero-order chi connectivity index (χ0) is 24.0. The van der Waals surface area contributed by atoms with Gasteiger partial charge in [-0.2, -0.15) is 10.2 Å². The van der Waals surface area contributed by atoms with Crippen LogP contribution < -0.4 is 10.9 Å². The minimum atomic E-state index is -0.165. The standard InChI is InChI=1S/C27H30N6O2/c34-26-12-11-25(31-33(26)19-20-5-10-24-23(17-20)18-29-30-24)21-6-8-22(9-7-21)27(35)28-13-4-16-32-14-2-1-3-15-32/h5-12,17-18H,1-4,13-16,19H2,(H,28,35)(H,29,30). The number of aromatic amines is 1. The summed E-state index contributed by atoms with van der Waals surface area (Å²) in [6.45, 7) is 4.43. The van der Waals surface area contributed by atoms with Crippen LogP contribution >= 0.6 is 0 Å². The van der Waals surface area contributed by atoms with Gasteiger partial charge in [0, 0.05) is 29.1 Å². The number of benzene rings is 2. The van der Waals surface area contributed by atoms with E-state index in [0.717, 1.165) is 35.0 Å². The van der Waals surface area contributed by atoms with Crippen LogP contribution in [0.4, 0.5) is 0 Å². The fourth-order valence-electron chi connectivity index (χ4n) is 4.56. The molecular weight excluding hydrogens is 440 g/mol. The van der Waals surface area contributed by atoms with Crippen molar-refractivity contribution in [1.29, 1.82) is 0 Å². The summed E-state index contributed by atoms with van der Waals surface area (Å²) in [6.07, 6.45) is 6.63. The van der Waals surface area contributed by atoms with Crippen LogP contribution in [0.2, 0.25) is 0 Å². The fraction of sp³-hybridized carbons (Fsp3) is 0.333. The Bertz CT molecular complexity index is 1350. The summed E-state index contributed by atoms with van der Waals surface area (Å²) >= 11 is 0. The monoisotopic (exact) mass is 470 g/mol. The molecule has 1 saturated heterocycles. The highest BCUT2D eigenvalue weighted by Crippen LogP contribution is 2.18. The second-order valence-corrected chi connectivity index (χ2v) is 9.10. The largest absolute Gasteiger partial charge is 0.352 e. The maximum Gasteiger partial charge on any atom is 0.267 e. The predicted octanol–water partition coefficient (Wildman–Crippen LogP) is 3.44. The van der Waals surface area contributed by atoms with Gasteiger partial charge in [0.2, 0.25) is 0 Å². The number of rotatable bonds is 8. The fourth-order valence-corrected chi connectivity index (χ4v) is 4.56. The molecule has 4 aromatic rings. The van der Waals surface area contributed by atoms with E-state index in [4.69, 9.17) is 0 Å². The number of hydrogen-bond acceptors (Lipinski definition) is 5. The highest BCUT2D eigenvalue weighted by molar-refractivity contribution is 5.94. The average molecular weight is 471 g/mol. The minimum Gasteiger partial charge on any atom is -0.352 e. The van der Waals surface area contributed by atoms with E-state index in [0.29, 0.717) is 24.3 Å². The molecule has 2 aromatic carbocycles. The molecule has 5 rings (SSSR count). The Morgan fingerprint density at radius 1 is 1.00 bits per heavy atom. The summed E-state index contributed by atoms with van der Waals surface area (Å²) in [6, 6.07) is 16.5. The van der Waals surface area contributed by atoms with Crippen LogP contribution in [0.3, 0.4) is 0 Å². The van der Waals surface area contributed by atoms with E-state index in [9.17, 15) is 9.59 Å². The van der Waals surface area contributed by atoms with Gasteiger partial charge in [0.05, 0.1) is 24.0 Å². The lowest BCUT2D eigenvalue weighted by Crippen LogP contribution is -2.33. The van der Waals surface area contributed by atoms with Crippen molar-refractivity contribution >= 4 is 16.8 Å². The number of carbonyl (C=O) groups is 1. The first-order valence-electron chi connectivity index (χ1n) is 12.3. The van der Waals surface area contributed by atoms with Crippen LogP contribution in [0, 0.1) is 0 Å². The third-order valence-corrected chi connectivity index (χ3v) is 6.53. The Balaban J connectivity index is 1.20. The summed E-state index contributed by atoms with van der Waals surface area (Å²) in [4.78, 5) is 27.4. The molecule has 0 saturated carbocycles. The summed E-state index contributed by atoms with van der Waals surface area (Å²) in [5, 5.41) is 15.5. The van der Waals surface area contributed by atoms with Gasteiger partial charge in [-0.25, -0.2) is 4.68 Å². The molecule has 0 atom stereocenters. The Hall–Kier alpha value is -3.78. The molecule has 180 valence electrons. The van der Waals surface area contributed by atoms with Crippen molar-refractivity contribution in [2.24, 2.45) is 0 Å². The van der Waals surface area contributed by atoms with Crippen LogP contribution in [-0.4, -0.2) is 57.0 Å². The second kappa shape index (κ2) is 10.7. The number of likely N-dealkylation sites (tertiary alicyclic amines) is 1. The van der Waals surface area contributed by atoms with Crippen molar-refractivity contribution in [3.8, 4) is 11.3 Å². The lowest BCUT2D eigenvalue weighted by Gasteiger charge is -2.26. The molecule has 1 aliphatic heterocycles. The first kappa shape index (κ1) is 23.0. The molecule has 35 heavy (non-hydrogen) atoms. The third kappa shape index (κ3) is 5.66. The van der Waals surface area contributed by atoms with Gasteiger partial charge < -0.3 is 10.2 Å². The van der Waals surface area contributed by atoms with Crippen molar-refractivity contribution in [2.75, 3.05) is 26.2 Å². The molecule has 1 amide bonds. The smallest absolute Gasteiger partial charge is 0.267 e. The highest BCUT2D eigenvalue weighted by Gasteiger charge is 2.11. The minimum absolute atomic E-state index is 0.0669. The molecular formula is C27H30N6O2. The van der Waals surface area contributed by atoms with Crippen LogP contribution in [0.5, 0.6) is 0 Å². The Morgan fingerprint density at radius 3 is 2.66 bits per heavy atom. The van der Waals surface area contributed by atoms with Crippen LogP contribution in [0.25, 0.3) is 22.2 Å². The normalized spacial score (nSPS) is 14.3. The molecule has 0 spiro atoms. The summed E-state index contributed by atoms with van der Waals surface area (Å²) < 4.78 is 1.46. The Morgan fingerprint density at radius 2 is 1.83 bits per heavy atom. The Labute approximate surface area is 204 Å². The van der Waals surface area contributed by atoms with Gasteiger partial charge in [-0.15, -0.1) is 0 Å². The SMILES string of the molecule is O=C(NCCCN1CCCCC1)c1ccc(-c2ccc(=O)n(Cc3ccc4[nH]ncc4c3)n2)cc1. The van der Waals surface area contributed by atoms with Gasteiger partial charge in [0.1, 0.15) is 0 Å². The van der Waals surface area contributed by atoms with Gasteiger partial charge in [0.25, 0.3) is 11.5 Å². The Kier molecular flexibility index (Phi) is 6.99. The molecule has 0 unspecified atom stereocenters. The average Bonchev–Trinajstić information content (AvgIpc) is 3.36. The molecule has 1 aliphatic rings. The predicted molar refractivity (Wildman–Crippen MR) is 136 cm³/mol. The van der Waals surface area contributed by atoms with Crippen molar-refractivity contribution in [3.05, 3.63) is 82.3 Å². The maximum atomic E-state index is 12.5. The molecule has 3 heterocycles. The number of nitrogens with zero attached hydrogens (tertiary/aromatic N) is 4. The molecule has 8 heteroatoms. The second-order valence-electron chi connectivity index (χ2n) is 9.10. The van der Waals surface area contributed by atoms with E-state index in [1.165, 1.54) is 43.1 Å². The van der Waals surface area contributed by atoms with Crippen LogP contribution in [0.1, 0.15) is 41.6 Å². The molecule has 8 nitrogen and oxygen atoms in total. The quantitative estimate of drug-likeness (QED) is 0.385. The van der Waals surface area contributed by atoms with E-state index in [2.05, 4.69) is 25.5 Å². The molecule has 1 fully saturated rings. The summed E-state index contributed by atoms with van der Waals surface area (Å²) in [5.41, 5.74) is 3.91. The van der Waals surface area contributed by atoms with Crippen molar-refractivity contribution < 1.29 is 4.79 Å². The number of aromatic nitrogens is 4. The van der Waals surface area contributed by atoms with Crippen LogP contribution in [0.15, 0.2) is 65.6 Å². The van der Waals surface area contributed by atoms with Crippen molar-refractivity contribution in [2.45, 2.75) is 32.2 Å². The maximum absolute atomic E-state index is 12.5. The zero-order valence-electron chi connectivity index (χ0n) is 19.7. The van der Waals surface area contributed by atoms with Gasteiger partial charge in [-0.3, -0.25) is 14.7 Å². The molecule has 0 bridgehead atoms. The number of carbonyl (C=O) groups excluding carboxylic acids is 1. The van der Waals surface area contributed by atoms with E-state index in [1.54, 1.807) is 24.4 Å².